The second-order valence-electron chi connectivity index (χ2n) is 6.23. The number of ether oxygens (including phenoxy) is 1. The number of thiazole rings is 1. The van der Waals surface area contributed by atoms with Crippen LogP contribution in [-0.4, -0.2) is 57.2 Å². The van der Waals surface area contributed by atoms with Gasteiger partial charge in [-0.25, -0.2) is 9.78 Å². The van der Waals surface area contributed by atoms with Gasteiger partial charge in [0, 0.05) is 23.7 Å². The van der Waals surface area contributed by atoms with Crippen molar-refractivity contribution in [1.29, 1.82) is 0 Å². The van der Waals surface area contributed by atoms with Gasteiger partial charge in [0.15, 0.2) is 5.13 Å². The molecule has 1 atom stereocenters. The van der Waals surface area contributed by atoms with Gasteiger partial charge in [-0.2, -0.15) is 0 Å². The Morgan fingerprint density at radius 1 is 1.13 bits per heavy atom. The molecule has 1 fully saturated rings. The highest BCUT2D eigenvalue weighted by Gasteiger charge is 2.41. The second-order valence-corrected chi connectivity index (χ2v) is 8.28. The Kier molecular flexibility index (Phi) is 7.36. The molecular weight excluding hydrogens is 444 g/mol. The Bertz CT molecular complexity index is 993. The highest BCUT2D eigenvalue weighted by molar-refractivity contribution is 8.15. The minimum absolute atomic E-state index is 0.206. The summed E-state index contributed by atoms with van der Waals surface area (Å²) in [7, 11) is 0. The maximum absolute atomic E-state index is 12.5. The number of amides is 4. The predicted octanol–water partition coefficient (Wildman–Crippen LogP) is 2.35. The van der Waals surface area contributed by atoms with Gasteiger partial charge >= 0.3 is 5.97 Å². The minimum Gasteiger partial charge on any atom is -0.462 e. The fraction of sp³-hybridized carbons (Fsp3) is 0.263. The van der Waals surface area contributed by atoms with Crippen LogP contribution in [0.2, 0.25) is 0 Å². The van der Waals surface area contributed by atoms with Crippen molar-refractivity contribution in [2.45, 2.75) is 18.6 Å². The molecule has 0 radical (unpaired) electrons. The number of nitrogens with zero attached hydrogens (tertiary/aromatic N) is 2. The number of imide groups is 1. The summed E-state index contributed by atoms with van der Waals surface area (Å²) in [6.45, 7) is 1.47. The second kappa shape index (κ2) is 10.2. The molecule has 0 saturated carbocycles. The number of thioether (sulfide) groups is 1. The molecule has 12 heteroatoms. The van der Waals surface area contributed by atoms with Crippen LogP contribution >= 0.6 is 23.1 Å². The first kappa shape index (κ1) is 22.4. The number of anilines is 2. The van der Waals surface area contributed by atoms with E-state index < -0.39 is 40.7 Å². The summed E-state index contributed by atoms with van der Waals surface area (Å²) in [6, 6.07) is 6.01. The van der Waals surface area contributed by atoms with Crippen LogP contribution in [0.4, 0.5) is 15.6 Å². The quantitative estimate of drug-likeness (QED) is 0.571. The van der Waals surface area contributed by atoms with E-state index in [0.717, 1.165) is 4.90 Å². The summed E-state index contributed by atoms with van der Waals surface area (Å²) in [5.41, 5.74) is 0.726. The fourth-order valence-corrected chi connectivity index (χ4v) is 4.18. The van der Waals surface area contributed by atoms with Gasteiger partial charge in [0.2, 0.25) is 17.7 Å². The van der Waals surface area contributed by atoms with Gasteiger partial charge in [-0.3, -0.25) is 24.1 Å². The van der Waals surface area contributed by atoms with Crippen LogP contribution in [0.5, 0.6) is 0 Å². The fourth-order valence-electron chi connectivity index (χ4n) is 2.64. The Morgan fingerprint density at radius 2 is 1.87 bits per heavy atom. The summed E-state index contributed by atoms with van der Waals surface area (Å²) < 4.78 is 4.89. The largest absolute Gasteiger partial charge is 0.462 e. The lowest BCUT2D eigenvalue weighted by molar-refractivity contribution is -0.131. The molecule has 1 aromatic carbocycles. The maximum atomic E-state index is 12.5. The van der Waals surface area contributed by atoms with Crippen molar-refractivity contribution in [3.63, 3.8) is 0 Å². The van der Waals surface area contributed by atoms with Crippen molar-refractivity contribution < 1.29 is 28.7 Å². The Hall–Kier alpha value is -3.25. The zero-order chi connectivity index (χ0) is 22.4. The Balaban J connectivity index is 1.52. The van der Waals surface area contributed by atoms with Crippen molar-refractivity contribution in [3.8, 4) is 0 Å². The van der Waals surface area contributed by atoms with E-state index in [1.54, 1.807) is 12.3 Å². The van der Waals surface area contributed by atoms with Gasteiger partial charge in [0.1, 0.15) is 11.8 Å². The number of esters is 1. The molecule has 0 aliphatic carbocycles. The molecule has 2 N–H and O–H groups in total. The topological polar surface area (TPSA) is 135 Å². The van der Waals surface area contributed by atoms with Crippen molar-refractivity contribution in [2.24, 2.45) is 0 Å². The van der Waals surface area contributed by atoms with Gasteiger partial charge in [-0.1, -0.05) is 11.8 Å². The Morgan fingerprint density at radius 3 is 2.52 bits per heavy atom. The number of benzene rings is 1. The lowest BCUT2D eigenvalue weighted by Crippen LogP contribution is -2.38. The van der Waals surface area contributed by atoms with Crippen molar-refractivity contribution in [1.82, 2.24) is 9.88 Å². The van der Waals surface area contributed by atoms with Gasteiger partial charge in [-0.15, -0.1) is 11.3 Å². The number of rotatable bonds is 8. The van der Waals surface area contributed by atoms with Gasteiger partial charge in [0.25, 0.3) is 5.24 Å². The number of aromatic nitrogens is 1. The molecule has 3 rings (SSSR count). The molecule has 1 aliphatic rings. The zero-order valence-electron chi connectivity index (χ0n) is 16.3. The first-order valence-electron chi connectivity index (χ1n) is 9.15. The molecule has 2 aromatic rings. The highest BCUT2D eigenvalue weighted by atomic mass is 32.2. The van der Waals surface area contributed by atoms with Crippen molar-refractivity contribution in [3.05, 3.63) is 41.4 Å². The van der Waals surface area contributed by atoms with Crippen molar-refractivity contribution in [2.75, 3.05) is 23.8 Å². The number of hydrogen-bond acceptors (Lipinski definition) is 9. The third kappa shape index (κ3) is 5.89. The van der Waals surface area contributed by atoms with Crippen LogP contribution in [0.25, 0.3) is 0 Å². The van der Waals surface area contributed by atoms with Gasteiger partial charge in [0.05, 0.1) is 12.2 Å². The van der Waals surface area contributed by atoms with E-state index in [0.29, 0.717) is 28.1 Å². The summed E-state index contributed by atoms with van der Waals surface area (Å²) >= 11 is 1.94. The SMILES string of the molecule is CCOC(=O)c1ccc(NC(=O)CN2C(=O)SC(CC(=O)Nc3nccs3)C2=O)cc1. The molecular formula is C19H18N4O6S2. The van der Waals surface area contributed by atoms with Crippen LogP contribution in [-0.2, 0) is 19.1 Å². The first-order valence-corrected chi connectivity index (χ1v) is 10.9. The molecule has 2 heterocycles. The third-order valence-electron chi connectivity index (χ3n) is 4.04. The summed E-state index contributed by atoms with van der Waals surface area (Å²) in [5.74, 6) is -2.10. The maximum Gasteiger partial charge on any atom is 0.338 e. The van der Waals surface area contributed by atoms with Crippen molar-refractivity contribution >= 4 is 62.8 Å². The smallest absolute Gasteiger partial charge is 0.338 e. The molecule has 4 amide bonds. The van der Waals surface area contributed by atoms with Crippen LogP contribution < -0.4 is 10.6 Å². The summed E-state index contributed by atoms with van der Waals surface area (Å²) in [5, 5.41) is 5.72. The minimum atomic E-state index is -0.899. The molecule has 162 valence electrons. The first-order chi connectivity index (χ1) is 14.9. The van der Waals surface area contributed by atoms with E-state index in [-0.39, 0.29) is 13.0 Å². The van der Waals surface area contributed by atoms with E-state index in [1.807, 2.05) is 0 Å². The van der Waals surface area contributed by atoms with E-state index in [4.69, 9.17) is 4.74 Å². The van der Waals surface area contributed by atoms with Crippen LogP contribution in [0, 0.1) is 0 Å². The molecule has 10 nitrogen and oxygen atoms in total. The number of carbonyl (C=O) groups is 5. The average Bonchev–Trinajstić information content (AvgIpc) is 3.32. The van der Waals surface area contributed by atoms with E-state index in [1.165, 1.54) is 41.8 Å². The lowest BCUT2D eigenvalue weighted by Gasteiger charge is -2.14. The van der Waals surface area contributed by atoms with Gasteiger partial charge < -0.3 is 15.4 Å². The van der Waals surface area contributed by atoms with Crippen LogP contribution in [0.1, 0.15) is 23.7 Å². The lowest BCUT2D eigenvalue weighted by atomic mass is 10.2. The molecule has 1 aromatic heterocycles. The molecule has 1 unspecified atom stereocenters. The molecule has 31 heavy (non-hydrogen) atoms. The van der Waals surface area contributed by atoms with Crippen LogP contribution in [0.3, 0.4) is 0 Å². The summed E-state index contributed by atoms with van der Waals surface area (Å²) in [6.07, 6.45) is 1.33. The molecule has 1 saturated heterocycles. The number of nitrogens with one attached hydrogen (secondary N) is 2. The number of hydrogen-bond donors (Lipinski definition) is 2. The van der Waals surface area contributed by atoms with E-state index in [9.17, 15) is 24.0 Å². The van der Waals surface area contributed by atoms with E-state index >= 15 is 0 Å². The average molecular weight is 463 g/mol. The monoisotopic (exact) mass is 462 g/mol. The van der Waals surface area contributed by atoms with Crippen LogP contribution in [0.15, 0.2) is 35.8 Å². The third-order valence-corrected chi connectivity index (χ3v) is 5.80. The zero-order valence-corrected chi connectivity index (χ0v) is 18.0. The normalized spacial score (nSPS) is 15.6. The Labute approximate surface area is 185 Å². The van der Waals surface area contributed by atoms with Gasteiger partial charge in [-0.05, 0) is 31.2 Å². The molecule has 0 spiro atoms. The number of carbonyl (C=O) groups excluding carboxylic acids is 5. The predicted molar refractivity (Wildman–Crippen MR) is 115 cm³/mol. The summed E-state index contributed by atoms with van der Waals surface area (Å²) in [4.78, 5) is 65.4. The molecule has 1 aliphatic heterocycles. The van der Waals surface area contributed by atoms with E-state index in [2.05, 4.69) is 15.6 Å². The molecule has 0 bridgehead atoms. The standard InChI is InChI=1S/C19H18N4O6S2/c1-2-29-17(27)11-3-5-12(6-4-11)21-15(25)10-23-16(26)13(31-19(23)28)9-14(24)22-18-20-7-8-30-18/h3-8,13H,2,9-10H2,1H3,(H,21,25)(H,20,22,24). The highest BCUT2D eigenvalue weighted by Crippen LogP contribution is 2.29.